The summed E-state index contributed by atoms with van der Waals surface area (Å²) >= 11 is 1.55. The summed E-state index contributed by atoms with van der Waals surface area (Å²) in [6.07, 6.45) is 6.56. The second-order valence-corrected chi connectivity index (χ2v) is 9.07. The Kier molecular flexibility index (Phi) is 7.02. The first-order valence-corrected chi connectivity index (χ1v) is 11.6. The second kappa shape index (κ2) is 10.1. The summed E-state index contributed by atoms with van der Waals surface area (Å²) in [4.78, 5) is 32.5. The molecule has 0 aliphatic carbocycles. The Morgan fingerprint density at radius 1 is 1.28 bits per heavy atom. The van der Waals surface area contributed by atoms with Crippen LogP contribution in [0.4, 0.5) is 5.00 Å². The third kappa shape index (κ3) is 4.92. The topological polar surface area (TPSA) is 84.7 Å². The fourth-order valence-corrected chi connectivity index (χ4v) is 5.13. The van der Waals surface area contributed by atoms with Gasteiger partial charge in [-0.15, -0.1) is 11.3 Å². The normalized spacial score (nSPS) is 15.9. The zero-order valence-corrected chi connectivity index (χ0v) is 19.1. The maximum atomic E-state index is 12.7. The average Bonchev–Trinajstić information content (AvgIpc) is 3.46. The standard InChI is InChI=1S/C24H27N3O4S/c1-3-30-24(29)18-8-12-27(13-9-18)21(17-6-10-25-11-7-17)19-15-16(2)32-23(19)26-22(28)20-5-4-14-31-20/h4-7,10-11,14-15,18,21H,3,8-9,12-13H2,1-2H3,(H,26,28)/t21-/m0/s1. The third-order valence-corrected chi connectivity index (χ3v) is 6.67. The fourth-order valence-electron chi connectivity index (χ4n) is 4.19. The first-order valence-electron chi connectivity index (χ1n) is 10.8. The molecule has 1 amide bonds. The number of rotatable bonds is 7. The zero-order chi connectivity index (χ0) is 22.5. The van der Waals surface area contributed by atoms with Gasteiger partial charge < -0.3 is 14.5 Å². The molecule has 1 saturated heterocycles. The van der Waals surface area contributed by atoms with Crippen molar-refractivity contribution in [2.24, 2.45) is 5.92 Å². The molecular formula is C24H27N3O4S. The molecule has 0 spiro atoms. The Morgan fingerprint density at radius 2 is 2.03 bits per heavy atom. The predicted molar refractivity (Wildman–Crippen MR) is 123 cm³/mol. The van der Waals surface area contributed by atoms with Crippen LogP contribution in [0.25, 0.3) is 0 Å². The number of nitrogens with one attached hydrogen (secondary N) is 1. The van der Waals surface area contributed by atoms with Crippen molar-refractivity contribution in [1.82, 2.24) is 9.88 Å². The van der Waals surface area contributed by atoms with Gasteiger partial charge in [-0.05, 0) is 75.7 Å². The number of ether oxygens (including phenoxy) is 1. The predicted octanol–water partition coefficient (Wildman–Crippen LogP) is 4.66. The maximum Gasteiger partial charge on any atom is 0.309 e. The van der Waals surface area contributed by atoms with E-state index in [4.69, 9.17) is 9.15 Å². The molecule has 4 heterocycles. The number of pyridine rings is 1. The maximum absolute atomic E-state index is 12.7. The minimum atomic E-state index is -0.271. The van der Waals surface area contributed by atoms with Crippen LogP contribution in [-0.4, -0.2) is 41.5 Å². The van der Waals surface area contributed by atoms with Gasteiger partial charge >= 0.3 is 5.97 Å². The molecule has 8 heteroatoms. The van der Waals surface area contributed by atoms with Crippen molar-refractivity contribution in [1.29, 1.82) is 0 Å². The summed E-state index contributed by atoms with van der Waals surface area (Å²) in [5, 5.41) is 3.84. The number of furan rings is 1. The molecule has 168 valence electrons. The van der Waals surface area contributed by atoms with Crippen molar-refractivity contribution in [2.45, 2.75) is 32.7 Å². The molecule has 4 rings (SSSR count). The van der Waals surface area contributed by atoms with Gasteiger partial charge in [-0.25, -0.2) is 0 Å². The van der Waals surface area contributed by atoms with E-state index in [1.807, 2.05) is 26.0 Å². The van der Waals surface area contributed by atoms with E-state index in [-0.39, 0.29) is 29.6 Å². The molecule has 0 unspecified atom stereocenters. The van der Waals surface area contributed by atoms with Crippen molar-refractivity contribution in [3.63, 3.8) is 0 Å². The summed E-state index contributed by atoms with van der Waals surface area (Å²) < 4.78 is 10.5. The minimum absolute atomic E-state index is 0.0574. The molecular weight excluding hydrogens is 426 g/mol. The SMILES string of the molecule is CCOC(=O)C1CCN([C@@H](c2ccncc2)c2cc(C)sc2NC(=O)c2ccco2)CC1. The number of carbonyl (C=O) groups is 2. The number of likely N-dealkylation sites (tertiary alicyclic amines) is 1. The lowest BCUT2D eigenvalue weighted by Gasteiger charge is -2.37. The highest BCUT2D eigenvalue weighted by Gasteiger charge is 2.33. The summed E-state index contributed by atoms with van der Waals surface area (Å²) in [5.74, 6) is -0.165. The molecule has 7 nitrogen and oxygen atoms in total. The fraction of sp³-hybridized carbons (Fsp3) is 0.375. The number of anilines is 1. The van der Waals surface area contributed by atoms with Gasteiger partial charge in [0, 0.05) is 22.8 Å². The van der Waals surface area contributed by atoms with Crippen LogP contribution < -0.4 is 5.32 Å². The molecule has 0 radical (unpaired) electrons. The van der Waals surface area contributed by atoms with Crippen LogP contribution >= 0.6 is 11.3 Å². The van der Waals surface area contributed by atoms with Crippen molar-refractivity contribution < 1.29 is 18.7 Å². The van der Waals surface area contributed by atoms with Crippen LogP contribution in [0.2, 0.25) is 0 Å². The Labute approximate surface area is 191 Å². The molecule has 32 heavy (non-hydrogen) atoms. The van der Waals surface area contributed by atoms with Crippen LogP contribution in [0.5, 0.6) is 0 Å². The quantitative estimate of drug-likeness (QED) is 0.524. The molecule has 0 aromatic carbocycles. The molecule has 1 N–H and O–H groups in total. The average molecular weight is 454 g/mol. The number of esters is 1. The van der Waals surface area contributed by atoms with Crippen molar-refractivity contribution in [3.8, 4) is 0 Å². The van der Waals surface area contributed by atoms with Gasteiger partial charge in [0.05, 0.1) is 24.8 Å². The third-order valence-electron chi connectivity index (χ3n) is 5.69. The van der Waals surface area contributed by atoms with Gasteiger partial charge in [0.1, 0.15) is 5.00 Å². The van der Waals surface area contributed by atoms with Crippen molar-refractivity contribution >= 4 is 28.2 Å². The van der Waals surface area contributed by atoms with Gasteiger partial charge in [-0.2, -0.15) is 0 Å². The first kappa shape index (κ1) is 22.2. The second-order valence-electron chi connectivity index (χ2n) is 7.82. The zero-order valence-electron chi connectivity index (χ0n) is 18.2. The largest absolute Gasteiger partial charge is 0.466 e. The number of aryl methyl sites for hydroxylation is 1. The van der Waals surface area contributed by atoms with Crippen LogP contribution in [0, 0.1) is 12.8 Å². The molecule has 1 atom stereocenters. The van der Waals surface area contributed by atoms with E-state index in [2.05, 4.69) is 21.3 Å². The first-order chi connectivity index (χ1) is 15.6. The summed E-state index contributed by atoms with van der Waals surface area (Å²) in [5.41, 5.74) is 2.13. The molecule has 0 saturated carbocycles. The summed E-state index contributed by atoms with van der Waals surface area (Å²) in [6.45, 7) is 5.80. The Bertz CT molecular complexity index is 1040. The molecule has 3 aromatic heterocycles. The van der Waals surface area contributed by atoms with Crippen molar-refractivity contribution in [3.05, 3.63) is 70.8 Å². The molecule has 3 aromatic rings. The lowest BCUT2D eigenvalue weighted by molar-refractivity contribution is -0.149. The summed E-state index contributed by atoms with van der Waals surface area (Å²) in [7, 11) is 0. The molecule has 0 bridgehead atoms. The van der Waals surface area contributed by atoms with Gasteiger partial charge in [0.2, 0.25) is 0 Å². The van der Waals surface area contributed by atoms with E-state index in [0.717, 1.165) is 46.9 Å². The highest BCUT2D eigenvalue weighted by atomic mass is 32.1. The highest BCUT2D eigenvalue weighted by Crippen LogP contribution is 2.40. The van der Waals surface area contributed by atoms with Crippen LogP contribution in [-0.2, 0) is 9.53 Å². The number of piperidine rings is 1. The van der Waals surface area contributed by atoms with E-state index < -0.39 is 0 Å². The highest BCUT2D eigenvalue weighted by molar-refractivity contribution is 7.16. The van der Waals surface area contributed by atoms with Gasteiger partial charge in [-0.1, -0.05) is 0 Å². The molecule has 1 aliphatic rings. The lowest BCUT2D eigenvalue weighted by atomic mass is 9.92. The number of carbonyl (C=O) groups excluding carboxylic acids is 2. The number of hydrogen-bond acceptors (Lipinski definition) is 7. The molecule has 1 aliphatic heterocycles. The summed E-state index contributed by atoms with van der Waals surface area (Å²) in [6, 6.07) is 9.43. The Morgan fingerprint density at radius 3 is 2.69 bits per heavy atom. The monoisotopic (exact) mass is 453 g/mol. The number of nitrogens with zero attached hydrogens (tertiary/aromatic N) is 2. The lowest BCUT2D eigenvalue weighted by Crippen LogP contribution is -2.39. The minimum Gasteiger partial charge on any atom is -0.466 e. The number of hydrogen-bond donors (Lipinski definition) is 1. The number of thiophene rings is 1. The van der Waals surface area contributed by atoms with Crippen molar-refractivity contribution in [2.75, 3.05) is 25.0 Å². The van der Waals surface area contributed by atoms with Crippen LogP contribution in [0.3, 0.4) is 0 Å². The smallest absolute Gasteiger partial charge is 0.309 e. The Balaban J connectivity index is 1.61. The van der Waals surface area contributed by atoms with E-state index in [1.54, 1.807) is 35.9 Å². The van der Waals surface area contributed by atoms with E-state index >= 15 is 0 Å². The van der Waals surface area contributed by atoms with Crippen LogP contribution in [0.15, 0.2) is 53.4 Å². The van der Waals surface area contributed by atoms with Crippen LogP contribution in [0.1, 0.15) is 52.4 Å². The van der Waals surface area contributed by atoms with E-state index in [1.165, 1.54) is 6.26 Å². The van der Waals surface area contributed by atoms with E-state index in [9.17, 15) is 9.59 Å². The number of aromatic nitrogens is 1. The van der Waals surface area contributed by atoms with Gasteiger partial charge in [0.15, 0.2) is 5.76 Å². The molecule has 1 fully saturated rings. The van der Waals surface area contributed by atoms with E-state index in [0.29, 0.717) is 6.61 Å². The number of amides is 1. The van der Waals surface area contributed by atoms with Gasteiger partial charge in [0.25, 0.3) is 5.91 Å². The Hall–Kier alpha value is -2.97. The van der Waals surface area contributed by atoms with Gasteiger partial charge in [-0.3, -0.25) is 19.5 Å².